The molecule has 0 bridgehead atoms. The number of hydrogen-bond acceptors (Lipinski definition) is 4. The predicted molar refractivity (Wildman–Crippen MR) is 111 cm³/mol. The van der Waals surface area contributed by atoms with Gasteiger partial charge in [-0.15, -0.1) is 0 Å². The standard InChI is InChI=1S/C19H26ClN3O2S/c1-13-11-16(18(24-5)12-15(13)20)21-19(26)23(9-8-22(3)4)14(2)17-7-6-10-25-17/h6-7,10-12,14H,8-9H2,1-5H3,(H,21,26). The Morgan fingerprint density at radius 3 is 2.65 bits per heavy atom. The Balaban J connectivity index is 2.24. The van der Waals surface area contributed by atoms with Gasteiger partial charge in [0.1, 0.15) is 11.5 Å². The Morgan fingerprint density at radius 1 is 1.35 bits per heavy atom. The van der Waals surface area contributed by atoms with E-state index in [1.807, 2.05) is 39.2 Å². The van der Waals surface area contributed by atoms with Gasteiger partial charge in [-0.05, 0) is 63.9 Å². The number of furan rings is 1. The molecule has 2 rings (SSSR count). The Labute approximate surface area is 165 Å². The minimum absolute atomic E-state index is 0.00402. The second-order valence-electron chi connectivity index (χ2n) is 6.42. The maximum atomic E-state index is 6.20. The smallest absolute Gasteiger partial charge is 0.174 e. The molecule has 0 fully saturated rings. The van der Waals surface area contributed by atoms with Gasteiger partial charge in [-0.1, -0.05) is 11.6 Å². The Morgan fingerprint density at radius 2 is 2.08 bits per heavy atom. The highest BCUT2D eigenvalue weighted by Crippen LogP contribution is 2.32. The molecule has 7 heteroatoms. The lowest BCUT2D eigenvalue weighted by Gasteiger charge is -2.32. The van der Waals surface area contributed by atoms with E-state index in [0.717, 1.165) is 30.1 Å². The third-order valence-corrected chi connectivity index (χ3v) is 4.94. The van der Waals surface area contributed by atoms with E-state index in [-0.39, 0.29) is 6.04 Å². The van der Waals surface area contributed by atoms with E-state index in [0.29, 0.717) is 15.9 Å². The average molecular weight is 396 g/mol. The van der Waals surface area contributed by atoms with Crippen LogP contribution >= 0.6 is 23.8 Å². The SMILES string of the molecule is COc1cc(Cl)c(C)cc1NC(=S)N(CCN(C)C)C(C)c1ccco1. The van der Waals surface area contributed by atoms with Gasteiger partial charge in [0.2, 0.25) is 0 Å². The zero-order chi connectivity index (χ0) is 19.3. The summed E-state index contributed by atoms with van der Waals surface area (Å²) in [5.41, 5.74) is 1.75. The lowest BCUT2D eigenvalue weighted by atomic mass is 10.2. The molecule has 0 amide bonds. The Kier molecular flexibility index (Phi) is 7.32. The van der Waals surface area contributed by atoms with Crippen LogP contribution in [0.4, 0.5) is 5.69 Å². The van der Waals surface area contributed by atoms with Crippen LogP contribution in [-0.4, -0.2) is 49.2 Å². The minimum atomic E-state index is 0.00402. The molecule has 0 aliphatic rings. The number of aryl methyl sites for hydroxylation is 1. The summed E-state index contributed by atoms with van der Waals surface area (Å²) in [6.45, 7) is 5.65. The molecule has 1 heterocycles. The largest absolute Gasteiger partial charge is 0.495 e. The fourth-order valence-electron chi connectivity index (χ4n) is 2.58. The van der Waals surface area contributed by atoms with Gasteiger partial charge in [-0.3, -0.25) is 0 Å². The van der Waals surface area contributed by atoms with Gasteiger partial charge < -0.3 is 24.3 Å². The van der Waals surface area contributed by atoms with Gasteiger partial charge in [0, 0.05) is 24.2 Å². The van der Waals surface area contributed by atoms with E-state index in [4.69, 9.17) is 33.0 Å². The van der Waals surface area contributed by atoms with E-state index in [1.165, 1.54) is 0 Å². The van der Waals surface area contributed by atoms with Crippen LogP contribution in [0.1, 0.15) is 24.3 Å². The molecule has 2 aromatic rings. The molecule has 0 spiro atoms. The summed E-state index contributed by atoms with van der Waals surface area (Å²) in [7, 11) is 5.69. The van der Waals surface area contributed by atoms with Crippen molar-refractivity contribution in [3.8, 4) is 5.75 Å². The molecule has 142 valence electrons. The van der Waals surface area contributed by atoms with Gasteiger partial charge in [0.25, 0.3) is 0 Å². The lowest BCUT2D eigenvalue weighted by molar-refractivity contribution is 0.263. The van der Waals surface area contributed by atoms with Gasteiger partial charge in [-0.2, -0.15) is 0 Å². The summed E-state index contributed by atoms with van der Waals surface area (Å²) in [6, 6.07) is 7.59. The number of halogens is 1. The first-order valence-electron chi connectivity index (χ1n) is 8.43. The maximum absolute atomic E-state index is 6.20. The van der Waals surface area contributed by atoms with Crippen molar-refractivity contribution in [3.05, 3.63) is 46.9 Å². The fraction of sp³-hybridized carbons (Fsp3) is 0.421. The number of thiocarbonyl (C=S) groups is 1. The van der Waals surface area contributed by atoms with Crippen LogP contribution in [0, 0.1) is 6.92 Å². The summed E-state index contributed by atoms with van der Waals surface area (Å²) in [5.74, 6) is 1.52. The average Bonchev–Trinajstić information content (AvgIpc) is 3.12. The number of likely N-dealkylation sites (N-methyl/N-ethyl adjacent to an activating group) is 1. The normalized spacial score (nSPS) is 12.1. The lowest BCUT2D eigenvalue weighted by Crippen LogP contribution is -2.40. The van der Waals surface area contributed by atoms with Crippen LogP contribution in [0.3, 0.4) is 0 Å². The maximum Gasteiger partial charge on any atom is 0.174 e. The molecule has 26 heavy (non-hydrogen) atoms. The van der Waals surface area contributed by atoms with Gasteiger partial charge in [0.05, 0.1) is 25.1 Å². The summed E-state index contributed by atoms with van der Waals surface area (Å²) in [5, 5.41) is 4.58. The highest BCUT2D eigenvalue weighted by Gasteiger charge is 2.22. The minimum Gasteiger partial charge on any atom is -0.495 e. The quantitative estimate of drug-likeness (QED) is 0.692. The first-order valence-corrected chi connectivity index (χ1v) is 9.22. The van der Waals surface area contributed by atoms with E-state index in [1.54, 1.807) is 19.4 Å². The molecule has 1 atom stereocenters. The zero-order valence-electron chi connectivity index (χ0n) is 15.9. The summed E-state index contributed by atoms with van der Waals surface area (Å²) < 4.78 is 11.0. The van der Waals surface area contributed by atoms with E-state index >= 15 is 0 Å². The van der Waals surface area contributed by atoms with E-state index in [9.17, 15) is 0 Å². The number of anilines is 1. The van der Waals surface area contributed by atoms with Crippen molar-refractivity contribution >= 4 is 34.6 Å². The molecule has 0 saturated heterocycles. The Hall–Kier alpha value is -1.76. The summed E-state index contributed by atoms with van der Waals surface area (Å²) in [6.07, 6.45) is 1.68. The van der Waals surface area contributed by atoms with Crippen LogP contribution < -0.4 is 10.1 Å². The third kappa shape index (κ3) is 5.13. The predicted octanol–water partition coefficient (Wildman–Crippen LogP) is 4.57. The van der Waals surface area contributed by atoms with Gasteiger partial charge in [-0.25, -0.2) is 0 Å². The van der Waals surface area contributed by atoms with E-state index < -0.39 is 0 Å². The number of nitrogens with zero attached hydrogens (tertiary/aromatic N) is 2. The first-order chi connectivity index (χ1) is 12.3. The summed E-state index contributed by atoms with van der Waals surface area (Å²) in [4.78, 5) is 4.23. The second-order valence-corrected chi connectivity index (χ2v) is 7.21. The topological polar surface area (TPSA) is 40.9 Å². The highest BCUT2D eigenvalue weighted by molar-refractivity contribution is 7.80. The van der Waals surface area contributed by atoms with Gasteiger partial charge >= 0.3 is 0 Å². The fourth-order valence-corrected chi connectivity index (χ4v) is 3.09. The molecule has 0 radical (unpaired) electrons. The number of nitrogens with one attached hydrogen (secondary N) is 1. The van der Waals surface area contributed by atoms with Crippen molar-refractivity contribution in [2.75, 3.05) is 39.6 Å². The number of hydrogen-bond donors (Lipinski definition) is 1. The second kappa shape index (κ2) is 9.26. The molecule has 0 aliphatic heterocycles. The van der Waals surface area contributed by atoms with Crippen molar-refractivity contribution in [1.29, 1.82) is 0 Å². The number of methoxy groups -OCH3 is 1. The van der Waals surface area contributed by atoms with E-state index in [2.05, 4.69) is 22.0 Å². The van der Waals surface area contributed by atoms with Crippen LogP contribution in [-0.2, 0) is 0 Å². The molecule has 5 nitrogen and oxygen atoms in total. The summed E-state index contributed by atoms with van der Waals surface area (Å²) >= 11 is 11.9. The van der Waals surface area contributed by atoms with Crippen molar-refractivity contribution in [2.45, 2.75) is 19.9 Å². The third-order valence-electron chi connectivity index (χ3n) is 4.19. The van der Waals surface area contributed by atoms with Crippen molar-refractivity contribution in [3.63, 3.8) is 0 Å². The van der Waals surface area contributed by atoms with Crippen molar-refractivity contribution < 1.29 is 9.15 Å². The Bertz CT molecular complexity index is 735. The zero-order valence-corrected chi connectivity index (χ0v) is 17.4. The van der Waals surface area contributed by atoms with Crippen molar-refractivity contribution in [1.82, 2.24) is 9.80 Å². The molecule has 1 aromatic heterocycles. The molecule has 1 aromatic carbocycles. The molecule has 1 N–H and O–H groups in total. The molecular weight excluding hydrogens is 370 g/mol. The molecule has 1 unspecified atom stereocenters. The number of ether oxygens (including phenoxy) is 1. The van der Waals surface area contributed by atoms with Crippen LogP contribution in [0.2, 0.25) is 5.02 Å². The van der Waals surface area contributed by atoms with Crippen LogP contribution in [0.25, 0.3) is 0 Å². The monoisotopic (exact) mass is 395 g/mol. The highest BCUT2D eigenvalue weighted by atomic mass is 35.5. The van der Waals surface area contributed by atoms with Crippen LogP contribution in [0.5, 0.6) is 5.75 Å². The van der Waals surface area contributed by atoms with Crippen molar-refractivity contribution in [2.24, 2.45) is 0 Å². The first kappa shape index (κ1) is 20.6. The molecular formula is C19H26ClN3O2S. The molecule has 0 saturated carbocycles. The van der Waals surface area contributed by atoms with Crippen LogP contribution in [0.15, 0.2) is 34.9 Å². The number of benzene rings is 1. The van der Waals surface area contributed by atoms with Gasteiger partial charge in [0.15, 0.2) is 5.11 Å². The molecule has 0 aliphatic carbocycles. The number of rotatable bonds is 7.